The van der Waals surface area contributed by atoms with Crippen molar-refractivity contribution in [3.05, 3.63) is 54.1 Å². The van der Waals surface area contributed by atoms with Crippen molar-refractivity contribution in [2.45, 2.75) is 24.0 Å². The van der Waals surface area contributed by atoms with E-state index in [4.69, 9.17) is 0 Å². The van der Waals surface area contributed by atoms with Gasteiger partial charge in [0.25, 0.3) is 0 Å². The van der Waals surface area contributed by atoms with Crippen molar-refractivity contribution >= 4 is 29.0 Å². The van der Waals surface area contributed by atoms with Crippen LogP contribution in [0.3, 0.4) is 0 Å². The van der Waals surface area contributed by atoms with Crippen LogP contribution in [0.2, 0.25) is 0 Å². The Kier molecular flexibility index (Phi) is 5.50. The maximum atomic E-state index is 12.3. The molecule has 1 N–H and O–H groups in total. The van der Waals surface area contributed by atoms with Gasteiger partial charge >= 0.3 is 0 Å². The Hall–Kier alpha value is -1.94. The predicted octanol–water partition coefficient (Wildman–Crippen LogP) is 4.18. The molecule has 2 aromatic carbocycles. The molecule has 1 amide bonds. The summed E-state index contributed by atoms with van der Waals surface area (Å²) < 4.78 is 0. The molecule has 3 nitrogen and oxygen atoms in total. The van der Waals surface area contributed by atoms with Crippen LogP contribution >= 0.6 is 11.8 Å². The van der Waals surface area contributed by atoms with Crippen molar-refractivity contribution in [3.8, 4) is 0 Å². The fourth-order valence-electron chi connectivity index (χ4n) is 1.96. The third kappa shape index (κ3) is 4.53. The average molecular weight is 314 g/mol. The Morgan fingerprint density at radius 2 is 1.64 bits per heavy atom. The second-order valence-electron chi connectivity index (χ2n) is 5.50. The molecular weight excluding hydrogens is 292 g/mol. The maximum absolute atomic E-state index is 12.3. The number of amides is 1. The van der Waals surface area contributed by atoms with Crippen LogP contribution in [-0.2, 0) is 4.79 Å². The maximum Gasteiger partial charge on any atom is 0.237 e. The fraction of sp³-hybridized carbons (Fsp3) is 0.278. The van der Waals surface area contributed by atoms with Gasteiger partial charge in [-0.2, -0.15) is 0 Å². The number of nitrogens with one attached hydrogen (secondary N) is 1. The number of hydrogen-bond acceptors (Lipinski definition) is 3. The number of hydrogen-bond donors (Lipinski definition) is 1. The van der Waals surface area contributed by atoms with Crippen LogP contribution in [0.4, 0.5) is 11.4 Å². The van der Waals surface area contributed by atoms with E-state index in [1.807, 2.05) is 50.2 Å². The zero-order valence-corrected chi connectivity index (χ0v) is 14.3. The highest BCUT2D eigenvalue weighted by Crippen LogP contribution is 2.24. The minimum atomic E-state index is -0.142. The standard InChI is InChI=1S/C18H22N2OS/c1-13-5-11-17(12-6-13)22-14(2)18(21)19-15-7-9-16(10-8-15)20(3)4/h5-12,14H,1-4H3,(H,19,21). The molecule has 0 aromatic heterocycles. The Labute approximate surface area is 136 Å². The van der Waals surface area contributed by atoms with Crippen LogP contribution < -0.4 is 10.2 Å². The lowest BCUT2D eigenvalue weighted by atomic mass is 10.2. The lowest BCUT2D eigenvalue weighted by molar-refractivity contribution is -0.115. The van der Waals surface area contributed by atoms with Gasteiger partial charge < -0.3 is 10.2 Å². The summed E-state index contributed by atoms with van der Waals surface area (Å²) in [5.41, 5.74) is 3.16. The van der Waals surface area contributed by atoms with Gasteiger partial charge in [-0.05, 0) is 50.2 Å². The molecule has 4 heteroatoms. The first-order valence-electron chi connectivity index (χ1n) is 7.27. The third-order valence-corrected chi connectivity index (χ3v) is 4.47. The van der Waals surface area contributed by atoms with Crippen LogP contribution in [0.5, 0.6) is 0 Å². The van der Waals surface area contributed by atoms with E-state index in [0.717, 1.165) is 16.3 Å². The molecule has 0 bridgehead atoms. The monoisotopic (exact) mass is 314 g/mol. The van der Waals surface area contributed by atoms with E-state index in [0.29, 0.717) is 0 Å². The van der Waals surface area contributed by atoms with E-state index >= 15 is 0 Å². The number of rotatable bonds is 5. The molecule has 0 saturated carbocycles. The molecule has 0 fully saturated rings. The second-order valence-corrected chi connectivity index (χ2v) is 6.92. The van der Waals surface area contributed by atoms with E-state index in [1.54, 1.807) is 11.8 Å². The smallest absolute Gasteiger partial charge is 0.237 e. The number of carbonyl (C=O) groups is 1. The van der Waals surface area contributed by atoms with Crippen LogP contribution in [0.15, 0.2) is 53.4 Å². The Morgan fingerprint density at radius 1 is 1.05 bits per heavy atom. The van der Waals surface area contributed by atoms with Gasteiger partial charge in [-0.15, -0.1) is 11.8 Å². The lowest BCUT2D eigenvalue weighted by Gasteiger charge is -2.15. The van der Waals surface area contributed by atoms with Crippen molar-refractivity contribution in [3.63, 3.8) is 0 Å². The molecule has 0 spiro atoms. The lowest BCUT2D eigenvalue weighted by Crippen LogP contribution is -2.22. The Balaban J connectivity index is 1.94. The zero-order chi connectivity index (χ0) is 16.1. The first kappa shape index (κ1) is 16.4. The summed E-state index contributed by atoms with van der Waals surface area (Å²) in [7, 11) is 3.99. The first-order chi connectivity index (χ1) is 10.5. The van der Waals surface area contributed by atoms with Crippen LogP contribution in [-0.4, -0.2) is 25.3 Å². The minimum Gasteiger partial charge on any atom is -0.378 e. The molecule has 1 atom stereocenters. The molecule has 2 rings (SSSR count). The van der Waals surface area contributed by atoms with Gasteiger partial charge in [0.1, 0.15) is 0 Å². The number of carbonyl (C=O) groups excluding carboxylic acids is 1. The summed E-state index contributed by atoms with van der Waals surface area (Å²) in [6.07, 6.45) is 0. The molecule has 2 aromatic rings. The molecule has 116 valence electrons. The van der Waals surface area contributed by atoms with E-state index in [1.165, 1.54) is 5.56 Å². The van der Waals surface area contributed by atoms with Crippen molar-refractivity contribution in [1.29, 1.82) is 0 Å². The SMILES string of the molecule is Cc1ccc(SC(C)C(=O)Nc2ccc(N(C)C)cc2)cc1. The van der Waals surface area contributed by atoms with E-state index in [9.17, 15) is 4.79 Å². The van der Waals surface area contributed by atoms with Gasteiger partial charge in [-0.3, -0.25) is 4.79 Å². The summed E-state index contributed by atoms with van der Waals surface area (Å²) in [5, 5.41) is 2.82. The van der Waals surface area contributed by atoms with E-state index in [2.05, 4.69) is 36.5 Å². The van der Waals surface area contributed by atoms with E-state index < -0.39 is 0 Å². The van der Waals surface area contributed by atoms with E-state index in [-0.39, 0.29) is 11.2 Å². The normalized spacial score (nSPS) is 11.8. The highest BCUT2D eigenvalue weighted by molar-refractivity contribution is 8.00. The van der Waals surface area contributed by atoms with Crippen molar-refractivity contribution < 1.29 is 4.79 Å². The molecule has 0 radical (unpaired) electrons. The summed E-state index contributed by atoms with van der Waals surface area (Å²) in [4.78, 5) is 15.4. The number of benzene rings is 2. The zero-order valence-electron chi connectivity index (χ0n) is 13.5. The molecule has 0 aliphatic rings. The molecular formula is C18H22N2OS. The van der Waals surface area contributed by atoms with Gasteiger partial charge in [-0.1, -0.05) is 17.7 Å². The summed E-state index contributed by atoms with van der Waals surface area (Å²) in [5.74, 6) is 0.0168. The van der Waals surface area contributed by atoms with Gasteiger partial charge in [0, 0.05) is 30.4 Å². The fourth-order valence-corrected chi connectivity index (χ4v) is 2.83. The average Bonchev–Trinajstić information content (AvgIpc) is 2.50. The molecule has 1 unspecified atom stereocenters. The highest BCUT2D eigenvalue weighted by atomic mass is 32.2. The number of aryl methyl sites for hydroxylation is 1. The molecule has 0 heterocycles. The molecule has 0 saturated heterocycles. The van der Waals surface area contributed by atoms with Crippen LogP contribution in [0, 0.1) is 6.92 Å². The topological polar surface area (TPSA) is 32.3 Å². The van der Waals surface area contributed by atoms with Gasteiger partial charge in [0.2, 0.25) is 5.91 Å². The van der Waals surface area contributed by atoms with Gasteiger partial charge in [-0.25, -0.2) is 0 Å². The Morgan fingerprint density at radius 3 is 2.18 bits per heavy atom. The van der Waals surface area contributed by atoms with Crippen molar-refractivity contribution in [2.75, 3.05) is 24.3 Å². The molecule has 0 aliphatic carbocycles. The molecule has 22 heavy (non-hydrogen) atoms. The third-order valence-electron chi connectivity index (χ3n) is 3.35. The highest BCUT2D eigenvalue weighted by Gasteiger charge is 2.14. The quantitative estimate of drug-likeness (QED) is 0.840. The van der Waals surface area contributed by atoms with Crippen LogP contribution in [0.1, 0.15) is 12.5 Å². The summed E-state index contributed by atoms with van der Waals surface area (Å²) in [6.45, 7) is 3.98. The number of thioether (sulfide) groups is 1. The first-order valence-corrected chi connectivity index (χ1v) is 8.15. The summed E-state index contributed by atoms with van der Waals surface area (Å²) >= 11 is 1.57. The van der Waals surface area contributed by atoms with Gasteiger partial charge in [0.15, 0.2) is 0 Å². The summed E-state index contributed by atoms with van der Waals surface area (Å²) in [6, 6.07) is 16.1. The molecule has 0 aliphatic heterocycles. The Bertz CT molecular complexity index is 621. The van der Waals surface area contributed by atoms with Crippen LogP contribution in [0.25, 0.3) is 0 Å². The van der Waals surface area contributed by atoms with Crippen molar-refractivity contribution in [2.24, 2.45) is 0 Å². The van der Waals surface area contributed by atoms with Crippen molar-refractivity contribution in [1.82, 2.24) is 0 Å². The second kappa shape index (κ2) is 7.36. The van der Waals surface area contributed by atoms with Gasteiger partial charge in [0.05, 0.1) is 5.25 Å². The predicted molar refractivity (Wildman–Crippen MR) is 95.9 cm³/mol. The minimum absolute atomic E-state index is 0.0168. The largest absolute Gasteiger partial charge is 0.378 e. The number of nitrogens with zero attached hydrogens (tertiary/aromatic N) is 1. The number of anilines is 2.